The van der Waals surface area contributed by atoms with Crippen LogP contribution in [-0.4, -0.2) is 9.55 Å². The molecule has 0 unspecified atom stereocenters. The maximum atomic E-state index is 4.53. The van der Waals surface area contributed by atoms with Gasteiger partial charge >= 0.3 is 6.33 Å². The van der Waals surface area contributed by atoms with E-state index < -0.39 is 0 Å². The van der Waals surface area contributed by atoms with Gasteiger partial charge in [0.25, 0.3) is 5.82 Å². The van der Waals surface area contributed by atoms with Crippen LogP contribution >= 0.6 is 0 Å². The molecule has 3 rings (SSSR count). The van der Waals surface area contributed by atoms with Crippen molar-refractivity contribution in [3.05, 3.63) is 71.4 Å². The predicted octanol–water partition coefficient (Wildman–Crippen LogP) is 3.18. The highest BCUT2D eigenvalue weighted by atomic mass is 15.2. The van der Waals surface area contributed by atoms with Crippen molar-refractivity contribution < 1.29 is 4.57 Å². The van der Waals surface area contributed by atoms with E-state index in [1.807, 2.05) is 46.7 Å². The van der Waals surface area contributed by atoms with Crippen LogP contribution in [-0.2, 0) is 0 Å². The number of rotatable bonds is 2. The Morgan fingerprint density at radius 2 is 1.76 bits per heavy atom. The zero-order valence-corrected chi connectivity index (χ0v) is 12.9. The Kier molecular flexibility index (Phi) is 3.34. The minimum absolute atomic E-state index is 0.885. The Hall–Kier alpha value is -2.42. The van der Waals surface area contributed by atoms with Crippen molar-refractivity contribution in [3.63, 3.8) is 0 Å². The van der Waals surface area contributed by atoms with Gasteiger partial charge in [0.05, 0.1) is 0 Å². The van der Waals surface area contributed by atoms with Gasteiger partial charge in [-0.25, -0.2) is 4.57 Å². The molecule has 3 heteroatoms. The number of benzene rings is 1. The van der Waals surface area contributed by atoms with Crippen LogP contribution in [0.2, 0.25) is 0 Å². The number of pyridine rings is 1. The second kappa shape index (κ2) is 5.17. The molecule has 0 aliphatic heterocycles. The summed E-state index contributed by atoms with van der Waals surface area (Å²) in [6, 6.07) is 10.4. The molecule has 21 heavy (non-hydrogen) atoms. The summed E-state index contributed by atoms with van der Waals surface area (Å²) in [7, 11) is 0. The van der Waals surface area contributed by atoms with Crippen molar-refractivity contribution in [3.8, 4) is 11.5 Å². The standard InChI is InChI=1S/C18H19N3/c1-13-10-14(2)18(15(3)11-13)21-9-8-20(12-21)17-7-5-6-16(4)19-17/h5-11H,1-4H3/q+1. The van der Waals surface area contributed by atoms with Gasteiger partial charge in [-0.1, -0.05) is 23.8 Å². The van der Waals surface area contributed by atoms with Crippen LogP contribution in [0.25, 0.3) is 11.5 Å². The van der Waals surface area contributed by atoms with Gasteiger partial charge in [0.2, 0.25) is 0 Å². The Morgan fingerprint density at radius 1 is 1.05 bits per heavy atom. The van der Waals surface area contributed by atoms with Crippen molar-refractivity contribution in [1.82, 2.24) is 9.55 Å². The highest BCUT2D eigenvalue weighted by Gasteiger charge is 2.14. The van der Waals surface area contributed by atoms with Crippen molar-refractivity contribution in [2.24, 2.45) is 0 Å². The third-order valence-electron chi connectivity index (χ3n) is 3.58. The Labute approximate surface area is 125 Å². The number of nitrogens with zero attached hydrogens (tertiary/aromatic N) is 3. The number of hydrogen-bond acceptors (Lipinski definition) is 1. The minimum Gasteiger partial charge on any atom is -0.224 e. The van der Waals surface area contributed by atoms with Crippen LogP contribution < -0.4 is 4.57 Å². The first-order valence-electron chi connectivity index (χ1n) is 7.09. The fourth-order valence-electron chi connectivity index (χ4n) is 2.78. The van der Waals surface area contributed by atoms with Gasteiger partial charge in [-0.2, -0.15) is 4.57 Å². The number of aromatic nitrogens is 3. The average Bonchev–Trinajstić information content (AvgIpc) is 2.87. The molecule has 0 saturated heterocycles. The Morgan fingerprint density at radius 3 is 2.43 bits per heavy atom. The molecule has 3 aromatic rings. The van der Waals surface area contributed by atoms with Crippen LogP contribution in [0.15, 0.2) is 42.7 Å². The highest BCUT2D eigenvalue weighted by Crippen LogP contribution is 2.20. The summed E-state index contributed by atoms with van der Waals surface area (Å²) in [4.78, 5) is 4.53. The molecule has 0 aliphatic rings. The van der Waals surface area contributed by atoms with E-state index in [0.29, 0.717) is 0 Å². The van der Waals surface area contributed by atoms with Gasteiger partial charge < -0.3 is 0 Å². The molecule has 0 N–H and O–H groups in total. The lowest BCUT2D eigenvalue weighted by atomic mass is 10.1. The SMILES string of the molecule is Cc1cc(C)c(-n2[c][n+](-c3cccc(C)n3)cc2)c(C)c1. The zero-order valence-electron chi connectivity index (χ0n) is 12.9. The van der Waals surface area contributed by atoms with E-state index in [1.54, 1.807) is 0 Å². The molecule has 0 amide bonds. The van der Waals surface area contributed by atoms with Crippen molar-refractivity contribution in [2.45, 2.75) is 27.7 Å². The molecular weight excluding hydrogens is 258 g/mol. The largest absolute Gasteiger partial charge is 0.314 e. The smallest absolute Gasteiger partial charge is 0.224 e. The van der Waals surface area contributed by atoms with Crippen LogP contribution in [0.1, 0.15) is 22.4 Å². The lowest BCUT2D eigenvalue weighted by Crippen LogP contribution is -2.29. The van der Waals surface area contributed by atoms with Crippen LogP contribution in [0.5, 0.6) is 0 Å². The average molecular weight is 277 g/mol. The summed E-state index contributed by atoms with van der Waals surface area (Å²) in [6.07, 6.45) is 7.35. The summed E-state index contributed by atoms with van der Waals surface area (Å²) in [5, 5.41) is 0. The molecule has 3 nitrogen and oxygen atoms in total. The van der Waals surface area contributed by atoms with Gasteiger partial charge in [-0.05, 0) is 44.9 Å². The lowest BCUT2D eigenvalue weighted by molar-refractivity contribution is -0.603. The summed E-state index contributed by atoms with van der Waals surface area (Å²) in [5.74, 6) is 0.885. The van der Waals surface area contributed by atoms with E-state index >= 15 is 0 Å². The van der Waals surface area contributed by atoms with Crippen molar-refractivity contribution >= 4 is 0 Å². The molecule has 0 aliphatic carbocycles. The van der Waals surface area contributed by atoms with Gasteiger partial charge in [0.1, 0.15) is 23.8 Å². The summed E-state index contributed by atoms with van der Waals surface area (Å²) < 4.78 is 3.96. The second-order valence-corrected chi connectivity index (χ2v) is 5.52. The zero-order chi connectivity index (χ0) is 15.0. The molecule has 0 saturated carbocycles. The number of aryl methyl sites for hydroxylation is 4. The third-order valence-corrected chi connectivity index (χ3v) is 3.58. The molecule has 2 aromatic heterocycles. The molecule has 2 heterocycles. The topological polar surface area (TPSA) is 21.7 Å². The second-order valence-electron chi connectivity index (χ2n) is 5.52. The van der Waals surface area contributed by atoms with Gasteiger partial charge in [-0.15, -0.1) is 4.98 Å². The molecule has 0 spiro atoms. The fraction of sp³-hybridized carbons (Fsp3) is 0.222. The molecule has 0 atom stereocenters. The third kappa shape index (κ3) is 2.59. The number of imidazole rings is 1. The predicted molar refractivity (Wildman–Crippen MR) is 82.9 cm³/mol. The van der Waals surface area contributed by atoms with E-state index in [2.05, 4.69) is 44.2 Å². The number of hydrogen-bond donors (Lipinski definition) is 0. The van der Waals surface area contributed by atoms with E-state index in [-0.39, 0.29) is 0 Å². The van der Waals surface area contributed by atoms with E-state index in [9.17, 15) is 0 Å². The minimum atomic E-state index is 0.885. The van der Waals surface area contributed by atoms with Gasteiger partial charge in [0, 0.05) is 6.07 Å². The molecule has 0 bridgehead atoms. The maximum absolute atomic E-state index is 4.53. The quantitative estimate of drug-likeness (QED) is 0.659. The lowest BCUT2D eigenvalue weighted by Gasteiger charge is -2.07. The van der Waals surface area contributed by atoms with Crippen LogP contribution in [0.3, 0.4) is 0 Å². The highest BCUT2D eigenvalue weighted by molar-refractivity contribution is 5.48. The van der Waals surface area contributed by atoms with Crippen molar-refractivity contribution in [1.29, 1.82) is 0 Å². The molecular formula is C18H19N3+. The van der Waals surface area contributed by atoms with Gasteiger partial charge in [0.15, 0.2) is 0 Å². The Bertz CT molecular complexity index is 777. The van der Waals surface area contributed by atoms with E-state index in [0.717, 1.165) is 11.5 Å². The Balaban J connectivity index is 2.07. The van der Waals surface area contributed by atoms with Crippen LogP contribution in [0.4, 0.5) is 0 Å². The molecule has 105 valence electrons. The van der Waals surface area contributed by atoms with Crippen molar-refractivity contribution in [2.75, 3.05) is 0 Å². The summed E-state index contributed by atoms with van der Waals surface area (Å²) in [6.45, 7) is 8.40. The van der Waals surface area contributed by atoms with E-state index in [1.165, 1.54) is 22.4 Å². The maximum Gasteiger partial charge on any atom is 0.314 e. The normalized spacial score (nSPS) is 10.9. The van der Waals surface area contributed by atoms with Crippen LogP contribution in [0, 0.1) is 34.0 Å². The molecule has 0 fully saturated rings. The summed E-state index contributed by atoms with van der Waals surface area (Å²) in [5.41, 5.74) is 5.98. The molecule has 1 aromatic carbocycles. The first kappa shape index (κ1) is 13.6. The monoisotopic (exact) mass is 277 g/mol. The first-order valence-corrected chi connectivity index (χ1v) is 7.09. The fourth-order valence-corrected chi connectivity index (χ4v) is 2.78. The molecule has 1 radical (unpaired) electrons. The summed E-state index contributed by atoms with van der Waals surface area (Å²) >= 11 is 0. The van der Waals surface area contributed by atoms with E-state index in [4.69, 9.17) is 0 Å². The first-order chi connectivity index (χ1) is 10.0. The van der Waals surface area contributed by atoms with Gasteiger partial charge in [-0.3, -0.25) is 0 Å².